The van der Waals surface area contributed by atoms with Crippen molar-refractivity contribution in [2.24, 2.45) is 5.92 Å². The molecular weight excluding hydrogens is 254 g/mol. The molecule has 0 aromatic heterocycles. The number of Topliss-reactive ketones (excluding diaryl/α,β-unsaturated/α-hetero) is 1. The van der Waals surface area contributed by atoms with E-state index >= 15 is 0 Å². The van der Waals surface area contributed by atoms with E-state index in [1.165, 1.54) is 0 Å². The van der Waals surface area contributed by atoms with Gasteiger partial charge in [0.05, 0.1) is 6.07 Å². The molecule has 1 unspecified atom stereocenters. The molecule has 0 radical (unpaired) electrons. The highest BCUT2D eigenvalue weighted by molar-refractivity contribution is 9.10. The first-order valence-electron chi connectivity index (χ1n) is 4.91. The molecule has 2 rings (SSSR count). The zero-order valence-electron chi connectivity index (χ0n) is 8.11. The lowest BCUT2D eigenvalue weighted by molar-refractivity contribution is -0.120. The third kappa shape index (κ3) is 2.27. The minimum atomic E-state index is -0.588. The molecule has 1 saturated carbocycles. The van der Waals surface area contributed by atoms with Gasteiger partial charge in [0.25, 0.3) is 0 Å². The molecule has 0 N–H and O–H groups in total. The summed E-state index contributed by atoms with van der Waals surface area (Å²) in [6.07, 6.45) is 1.90. The van der Waals surface area contributed by atoms with E-state index in [0.717, 1.165) is 22.9 Å². The predicted octanol–water partition coefficient (Wildman–Crippen LogP) is 3.04. The lowest BCUT2D eigenvalue weighted by Gasteiger charge is -2.07. The number of hydrogen-bond donors (Lipinski definition) is 0. The summed E-state index contributed by atoms with van der Waals surface area (Å²) in [4.78, 5) is 11.8. The SMILES string of the molecule is N#CC(C(=O)C1CC1)c1cccc(Br)c1. The Balaban J connectivity index is 2.26. The Morgan fingerprint density at radius 1 is 1.53 bits per heavy atom. The van der Waals surface area contributed by atoms with Crippen LogP contribution in [-0.2, 0) is 4.79 Å². The van der Waals surface area contributed by atoms with Crippen LogP contribution in [0, 0.1) is 17.2 Å². The third-order valence-corrected chi connectivity index (χ3v) is 3.07. The maximum absolute atomic E-state index is 11.8. The monoisotopic (exact) mass is 263 g/mol. The number of hydrogen-bond acceptors (Lipinski definition) is 2. The highest BCUT2D eigenvalue weighted by atomic mass is 79.9. The van der Waals surface area contributed by atoms with Crippen LogP contribution in [0.3, 0.4) is 0 Å². The standard InChI is InChI=1S/C12H10BrNO/c13-10-3-1-2-9(6-10)11(7-14)12(15)8-4-5-8/h1-3,6,8,11H,4-5H2. The minimum Gasteiger partial charge on any atom is -0.298 e. The average molecular weight is 264 g/mol. The highest BCUT2D eigenvalue weighted by Gasteiger charge is 2.35. The molecule has 1 aliphatic rings. The van der Waals surface area contributed by atoms with E-state index in [4.69, 9.17) is 5.26 Å². The first-order valence-corrected chi connectivity index (χ1v) is 5.70. The summed E-state index contributed by atoms with van der Waals surface area (Å²) in [5, 5.41) is 9.03. The van der Waals surface area contributed by atoms with Crippen molar-refractivity contribution in [1.82, 2.24) is 0 Å². The predicted molar refractivity (Wildman–Crippen MR) is 60.2 cm³/mol. The van der Waals surface area contributed by atoms with E-state index in [-0.39, 0.29) is 11.7 Å². The quantitative estimate of drug-likeness (QED) is 0.841. The maximum atomic E-state index is 11.8. The van der Waals surface area contributed by atoms with Crippen LogP contribution < -0.4 is 0 Å². The second-order valence-electron chi connectivity index (χ2n) is 3.79. The Morgan fingerprint density at radius 3 is 2.80 bits per heavy atom. The number of benzene rings is 1. The van der Waals surface area contributed by atoms with E-state index in [1.807, 2.05) is 24.3 Å². The molecule has 76 valence electrons. The van der Waals surface area contributed by atoms with Crippen LogP contribution in [0.25, 0.3) is 0 Å². The van der Waals surface area contributed by atoms with Crippen LogP contribution in [0.1, 0.15) is 24.3 Å². The Bertz CT molecular complexity index is 431. The number of carbonyl (C=O) groups excluding carboxylic acids is 1. The Hall–Kier alpha value is -1.14. The average Bonchev–Trinajstić information content (AvgIpc) is 3.02. The van der Waals surface area contributed by atoms with E-state index in [9.17, 15) is 4.79 Å². The van der Waals surface area contributed by atoms with Crippen molar-refractivity contribution >= 4 is 21.7 Å². The van der Waals surface area contributed by atoms with Crippen molar-refractivity contribution in [2.45, 2.75) is 18.8 Å². The zero-order valence-corrected chi connectivity index (χ0v) is 9.70. The van der Waals surface area contributed by atoms with Gasteiger partial charge in [0, 0.05) is 10.4 Å². The van der Waals surface area contributed by atoms with Gasteiger partial charge in [-0.2, -0.15) is 5.26 Å². The molecule has 2 nitrogen and oxygen atoms in total. The second-order valence-corrected chi connectivity index (χ2v) is 4.71. The number of ketones is 1. The number of nitrogens with zero attached hydrogens (tertiary/aromatic N) is 1. The van der Waals surface area contributed by atoms with Crippen LogP contribution in [0.2, 0.25) is 0 Å². The Kier molecular flexibility index (Phi) is 2.88. The van der Waals surface area contributed by atoms with Gasteiger partial charge in [0.1, 0.15) is 5.92 Å². The van der Waals surface area contributed by atoms with Gasteiger partial charge in [-0.3, -0.25) is 4.79 Å². The molecule has 0 saturated heterocycles. The zero-order chi connectivity index (χ0) is 10.8. The van der Waals surface area contributed by atoms with Crippen LogP contribution >= 0.6 is 15.9 Å². The minimum absolute atomic E-state index is 0.0793. The molecule has 15 heavy (non-hydrogen) atoms. The summed E-state index contributed by atoms with van der Waals surface area (Å²) in [7, 11) is 0. The second kappa shape index (κ2) is 4.16. The highest BCUT2D eigenvalue weighted by Crippen LogP contribution is 2.35. The van der Waals surface area contributed by atoms with Crippen LogP contribution in [0.5, 0.6) is 0 Å². The van der Waals surface area contributed by atoms with Crippen molar-refractivity contribution in [3.05, 3.63) is 34.3 Å². The molecule has 1 atom stereocenters. The van der Waals surface area contributed by atoms with E-state index in [2.05, 4.69) is 22.0 Å². The van der Waals surface area contributed by atoms with Gasteiger partial charge >= 0.3 is 0 Å². The van der Waals surface area contributed by atoms with Gasteiger partial charge < -0.3 is 0 Å². The van der Waals surface area contributed by atoms with Crippen molar-refractivity contribution in [2.75, 3.05) is 0 Å². The summed E-state index contributed by atoms with van der Waals surface area (Å²) in [6, 6.07) is 9.51. The normalized spacial score (nSPS) is 16.8. The van der Waals surface area contributed by atoms with Gasteiger partial charge in [0.2, 0.25) is 0 Å². The fraction of sp³-hybridized carbons (Fsp3) is 0.333. The molecule has 0 amide bonds. The first-order chi connectivity index (χ1) is 7.22. The van der Waals surface area contributed by atoms with Gasteiger partial charge in [-0.15, -0.1) is 0 Å². The van der Waals surface area contributed by atoms with Gasteiger partial charge in [-0.05, 0) is 30.5 Å². The largest absolute Gasteiger partial charge is 0.298 e. The fourth-order valence-electron chi connectivity index (χ4n) is 1.59. The summed E-state index contributed by atoms with van der Waals surface area (Å²) < 4.78 is 0.906. The molecule has 0 spiro atoms. The fourth-order valence-corrected chi connectivity index (χ4v) is 2.01. The van der Waals surface area contributed by atoms with Crippen LogP contribution in [0.15, 0.2) is 28.7 Å². The van der Waals surface area contributed by atoms with E-state index < -0.39 is 5.92 Å². The number of halogens is 1. The van der Waals surface area contributed by atoms with Gasteiger partial charge in [-0.25, -0.2) is 0 Å². The number of rotatable bonds is 3. The van der Waals surface area contributed by atoms with Gasteiger partial charge in [0.15, 0.2) is 5.78 Å². The molecule has 0 aliphatic heterocycles. The number of nitriles is 1. The molecule has 0 bridgehead atoms. The smallest absolute Gasteiger partial charge is 0.157 e. The summed E-state index contributed by atoms with van der Waals surface area (Å²) in [5.74, 6) is -0.376. The van der Waals surface area contributed by atoms with Crippen LogP contribution in [-0.4, -0.2) is 5.78 Å². The first kappa shape index (κ1) is 10.4. The molecule has 3 heteroatoms. The Morgan fingerprint density at radius 2 is 2.27 bits per heavy atom. The molecule has 1 aromatic carbocycles. The summed E-state index contributed by atoms with van der Waals surface area (Å²) in [6.45, 7) is 0. The third-order valence-electron chi connectivity index (χ3n) is 2.58. The molecular formula is C12H10BrNO. The van der Waals surface area contributed by atoms with E-state index in [0.29, 0.717) is 0 Å². The molecule has 1 aromatic rings. The van der Waals surface area contributed by atoms with E-state index in [1.54, 1.807) is 0 Å². The van der Waals surface area contributed by atoms with Crippen LogP contribution in [0.4, 0.5) is 0 Å². The van der Waals surface area contributed by atoms with Crippen molar-refractivity contribution < 1.29 is 4.79 Å². The Labute approximate surface area is 97.0 Å². The van der Waals surface area contributed by atoms with Crippen molar-refractivity contribution in [3.8, 4) is 6.07 Å². The number of carbonyl (C=O) groups is 1. The summed E-state index contributed by atoms with van der Waals surface area (Å²) >= 11 is 3.34. The lowest BCUT2D eigenvalue weighted by atomic mass is 9.94. The molecule has 1 aliphatic carbocycles. The molecule has 1 fully saturated rings. The molecule has 0 heterocycles. The van der Waals surface area contributed by atoms with Gasteiger partial charge in [-0.1, -0.05) is 28.1 Å². The van der Waals surface area contributed by atoms with Crippen molar-refractivity contribution in [1.29, 1.82) is 5.26 Å². The summed E-state index contributed by atoms with van der Waals surface area (Å²) in [5.41, 5.74) is 0.795. The maximum Gasteiger partial charge on any atom is 0.157 e. The van der Waals surface area contributed by atoms with Crippen molar-refractivity contribution in [3.63, 3.8) is 0 Å². The lowest BCUT2D eigenvalue weighted by Crippen LogP contribution is -2.12. The topological polar surface area (TPSA) is 40.9 Å².